The second-order valence-corrected chi connectivity index (χ2v) is 15.9. The predicted octanol–water partition coefficient (Wildman–Crippen LogP) is 7.41. The molecular weight excluding hydrogens is 604 g/mol. The molecule has 2 saturated carbocycles. The average Bonchev–Trinajstić information content (AvgIpc) is 3.02. The van der Waals surface area contributed by atoms with Crippen LogP contribution in [0.4, 0.5) is 0 Å². The fraction of sp³-hybridized carbons (Fsp3) is 0.561. The first-order valence-electron chi connectivity index (χ1n) is 17.7. The van der Waals surface area contributed by atoms with Crippen molar-refractivity contribution in [2.24, 2.45) is 34.5 Å². The molecule has 7 nitrogen and oxygen atoms in total. The SMILES string of the molecule is COc1ccc(CCC2CCCCC2)cc1-c1ccc(O)c2c1C[C@@]1(C)C[C@@]3(C)C(C(C)C)=C(C)C(C(C)=O)C(=O)[C@@]3(O)C(=O)C1C2=O. The zero-order valence-corrected chi connectivity index (χ0v) is 29.5. The molecule has 0 radical (unpaired) electrons. The molecule has 2 unspecified atom stereocenters. The van der Waals surface area contributed by atoms with E-state index in [0.29, 0.717) is 16.9 Å². The Bertz CT molecular complexity index is 1740. The summed E-state index contributed by atoms with van der Waals surface area (Å²) < 4.78 is 5.83. The van der Waals surface area contributed by atoms with Crippen LogP contribution in [0, 0.1) is 34.5 Å². The van der Waals surface area contributed by atoms with Gasteiger partial charge in [0.2, 0.25) is 0 Å². The van der Waals surface area contributed by atoms with Crippen molar-refractivity contribution in [2.75, 3.05) is 7.11 Å². The quantitative estimate of drug-likeness (QED) is 0.236. The second kappa shape index (κ2) is 12.1. The van der Waals surface area contributed by atoms with Crippen molar-refractivity contribution in [3.63, 3.8) is 0 Å². The van der Waals surface area contributed by atoms with Gasteiger partial charge < -0.3 is 14.9 Å². The number of carbonyl (C=O) groups is 4. The van der Waals surface area contributed by atoms with Gasteiger partial charge in [0.05, 0.1) is 18.6 Å². The number of phenols is 1. The van der Waals surface area contributed by atoms with Gasteiger partial charge in [-0.15, -0.1) is 0 Å². The Kier molecular flexibility index (Phi) is 8.63. The normalized spacial score (nSPS) is 30.6. The molecule has 6 rings (SSSR count). The number of allylic oxidation sites excluding steroid dienone is 1. The molecule has 0 bridgehead atoms. The van der Waals surface area contributed by atoms with Crippen molar-refractivity contribution in [3.8, 4) is 22.6 Å². The van der Waals surface area contributed by atoms with Crippen LogP contribution in [0.25, 0.3) is 11.1 Å². The van der Waals surface area contributed by atoms with Crippen molar-refractivity contribution < 1.29 is 34.1 Å². The monoisotopic (exact) mass is 654 g/mol. The summed E-state index contributed by atoms with van der Waals surface area (Å²) in [5, 5.41) is 23.6. The zero-order valence-electron chi connectivity index (χ0n) is 29.5. The number of aliphatic hydroxyl groups is 1. The number of aryl methyl sites for hydroxylation is 1. The number of phenolic OH excluding ortho intramolecular Hbond substituents is 1. The molecule has 2 N–H and O–H groups in total. The molecule has 0 aliphatic heterocycles. The standard InChI is InChI=1S/C41H50O7/c1-22(2)34-23(3)32(24(4)42)37(45)41(47)38(46)35-36(44)33-29(20-39(35,5)21-40(34,41)6)27(16-17-30(33)43)28-19-26(15-18-31(28)48-7)14-13-25-11-9-8-10-12-25/h15-19,22,25,32,35,43,47H,8-14,20-21H2,1-7H3/t32?,35?,39-,40-,41+/m0/s1. The molecule has 0 heterocycles. The van der Waals surface area contributed by atoms with E-state index >= 15 is 0 Å². The van der Waals surface area contributed by atoms with Crippen molar-refractivity contribution in [2.45, 2.75) is 105 Å². The Morgan fingerprint density at radius 2 is 1.69 bits per heavy atom. The summed E-state index contributed by atoms with van der Waals surface area (Å²) in [5.41, 5.74) is -0.113. The highest BCUT2D eigenvalue weighted by Gasteiger charge is 2.73. The van der Waals surface area contributed by atoms with Gasteiger partial charge in [-0.1, -0.05) is 83.1 Å². The molecule has 0 spiro atoms. The number of Topliss-reactive ketones (excluding diaryl/α,β-unsaturated/α-hetero) is 4. The van der Waals surface area contributed by atoms with E-state index < -0.39 is 51.4 Å². The van der Waals surface area contributed by atoms with Crippen LogP contribution in [-0.4, -0.2) is 46.1 Å². The smallest absolute Gasteiger partial charge is 0.192 e. The molecule has 2 fully saturated rings. The number of benzene rings is 2. The van der Waals surface area contributed by atoms with Gasteiger partial charge in [-0.3, -0.25) is 19.2 Å². The Hall–Kier alpha value is -3.58. The maximum atomic E-state index is 14.7. The van der Waals surface area contributed by atoms with Crippen LogP contribution < -0.4 is 4.74 Å². The van der Waals surface area contributed by atoms with E-state index in [4.69, 9.17) is 4.74 Å². The number of methoxy groups -OCH3 is 1. The lowest BCUT2D eigenvalue weighted by Gasteiger charge is -2.60. The van der Waals surface area contributed by atoms with Crippen LogP contribution in [0.5, 0.6) is 11.5 Å². The summed E-state index contributed by atoms with van der Waals surface area (Å²) in [6.45, 7) is 10.6. The number of carbonyl (C=O) groups excluding carboxylic acids is 4. The second-order valence-electron chi connectivity index (χ2n) is 15.9. The number of fused-ring (bicyclic) bond motifs is 3. The zero-order chi connectivity index (χ0) is 34.9. The molecule has 2 aromatic rings. The minimum Gasteiger partial charge on any atom is -0.507 e. The fourth-order valence-corrected chi connectivity index (χ4v) is 10.6. The van der Waals surface area contributed by atoms with Crippen molar-refractivity contribution in [1.29, 1.82) is 0 Å². The van der Waals surface area contributed by atoms with Crippen LogP contribution in [0.3, 0.4) is 0 Å². The van der Waals surface area contributed by atoms with E-state index in [1.165, 1.54) is 50.7 Å². The first-order chi connectivity index (χ1) is 22.6. The van der Waals surface area contributed by atoms with E-state index in [0.717, 1.165) is 35.5 Å². The van der Waals surface area contributed by atoms with Gasteiger partial charge in [-0.2, -0.15) is 0 Å². The molecule has 0 saturated heterocycles. The summed E-state index contributed by atoms with van der Waals surface area (Å²) in [4.78, 5) is 56.2. The molecule has 256 valence electrons. The fourth-order valence-electron chi connectivity index (χ4n) is 10.6. The summed E-state index contributed by atoms with van der Waals surface area (Å²) in [6.07, 6.45) is 8.96. The Balaban J connectivity index is 1.48. The van der Waals surface area contributed by atoms with E-state index in [1.54, 1.807) is 21.0 Å². The van der Waals surface area contributed by atoms with Crippen molar-refractivity contribution in [3.05, 3.63) is 58.2 Å². The van der Waals surface area contributed by atoms with E-state index in [-0.39, 0.29) is 30.1 Å². The average molecular weight is 655 g/mol. The van der Waals surface area contributed by atoms with Gasteiger partial charge in [-0.25, -0.2) is 0 Å². The molecule has 5 atom stereocenters. The number of ether oxygens (including phenoxy) is 1. The van der Waals surface area contributed by atoms with Gasteiger partial charge in [-0.05, 0) is 91.7 Å². The lowest BCUT2D eigenvalue weighted by Crippen LogP contribution is -2.73. The minimum absolute atomic E-state index is 0.0485. The lowest BCUT2D eigenvalue weighted by atomic mass is 9.41. The van der Waals surface area contributed by atoms with Crippen molar-refractivity contribution in [1.82, 2.24) is 0 Å². The molecule has 0 amide bonds. The highest BCUT2D eigenvalue weighted by Crippen LogP contribution is 2.64. The maximum Gasteiger partial charge on any atom is 0.192 e. The van der Waals surface area contributed by atoms with Crippen LogP contribution >= 0.6 is 0 Å². The molecule has 48 heavy (non-hydrogen) atoms. The summed E-state index contributed by atoms with van der Waals surface area (Å²) in [6, 6.07) is 9.49. The molecule has 7 heteroatoms. The van der Waals surface area contributed by atoms with Crippen LogP contribution in [0.2, 0.25) is 0 Å². The summed E-state index contributed by atoms with van der Waals surface area (Å²) in [5.74, 6) is -4.41. The highest BCUT2D eigenvalue weighted by molar-refractivity contribution is 6.27. The van der Waals surface area contributed by atoms with Crippen LogP contribution in [0.1, 0.15) is 108 Å². The van der Waals surface area contributed by atoms with Gasteiger partial charge >= 0.3 is 0 Å². The highest BCUT2D eigenvalue weighted by atomic mass is 16.5. The first-order valence-corrected chi connectivity index (χ1v) is 17.7. The lowest BCUT2D eigenvalue weighted by molar-refractivity contribution is -0.183. The molecular formula is C41H50O7. The molecule has 2 aromatic carbocycles. The largest absolute Gasteiger partial charge is 0.507 e. The van der Waals surface area contributed by atoms with Crippen LogP contribution in [-0.2, 0) is 27.2 Å². The number of aromatic hydroxyl groups is 1. The number of hydrogen-bond acceptors (Lipinski definition) is 7. The minimum atomic E-state index is -2.55. The Morgan fingerprint density at radius 3 is 2.31 bits per heavy atom. The van der Waals surface area contributed by atoms with Crippen molar-refractivity contribution >= 4 is 23.1 Å². The van der Waals surface area contributed by atoms with Crippen LogP contribution in [0.15, 0.2) is 41.5 Å². The predicted molar refractivity (Wildman–Crippen MR) is 184 cm³/mol. The number of hydrogen-bond donors (Lipinski definition) is 2. The topological polar surface area (TPSA) is 118 Å². The third-order valence-electron chi connectivity index (χ3n) is 12.4. The van der Waals surface area contributed by atoms with Gasteiger partial charge in [0.25, 0.3) is 0 Å². The third-order valence-corrected chi connectivity index (χ3v) is 12.4. The molecule has 4 aliphatic rings. The first kappa shape index (κ1) is 34.3. The third kappa shape index (κ3) is 4.94. The Labute approximate surface area is 284 Å². The Morgan fingerprint density at radius 1 is 1.00 bits per heavy atom. The number of ketones is 4. The van der Waals surface area contributed by atoms with E-state index in [9.17, 15) is 29.4 Å². The molecule has 0 aromatic heterocycles. The van der Waals surface area contributed by atoms with Gasteiger partial charge in [0.1, 0.15) is 23.2 Å². The molecule has 4 aliphatic carbocycles. The maximum absolute atomic E-state index is 14.7. The summed E-state index contributed by atoms with van der Waals surface area (Å²) >= 11 is 0. The van der Waals surface area contributed by atoms with E-state index in [2.05, 4.69) is 12.1 Å². The van der Waals surface area contributed by atoms with Gasteiger partial charge in [0, 0.05) is 11.0 Å². The van der Waals surface area contributed by atoms with Gasteiger partial charge in [0.15, 0.2) is 23.0 Å². The number of rotatable bonds is 7. The van der Waals surface area contributed by atoms with E-state index in [1.807, 2.05) is 32.9 Å². The summed E-state index contributed by atoms with van der Waals surface area (Å²) in [7, 11) is 1.62.